The first-order chi connectivity index (χ1) is 7.29. The second-order valence-electron chi connectivity index (χ2n) is 3.09. The normalized spacial score (nSPS) is 9.93. The summed E-state index contributed by atoms with van der Waals surface area (Å²) in [5, 5.41) is 12.1. The Morgan fingerprint density at radius 2 is 1.67 bits per heavy atom. The van der Waals surface area contributed by atoms with Gasteiger partial charge in [-0.15, -0.1) is 0 Å². The Kier molecular flexibility index (Phi) is 2.49. The first kappa shape index (κ1) is 9.45. The van der Waals surface area contributed by atoms with E-state index in [9.17, 15) is 0 Å². The molecule has 0 amide bonds. The lowest BCUT2D eigenvalue weighted by molar-refractivity contribution is 0.475. The molecule has 0 spiro atoms. The van der Waals surface area contributed by atoms with Gasteiger partial charge in [0.25, 0.3) is 0 Å². The van der Waals surface area contributed by atoms with Crippen molar-refractivity contribution in [1.29, 1.82) is 0 Å². The highest BCUT2D eigenvalue weighted by molar-refractivity contribution is 5.57. The molecular weight excluding hydrogens is 190 g/mol. The SMILES string of the molecule is CNc1cnc(-c2ccc(O)cc2)nc1. The minimum Gasteiger partial charge on any atom is -0.508 e. The summed E-state index contributed by atoms with van der Waals surface area (Å²) in [7, 11) is 1.82. The van der Waals surface area contributed by atoms with Crippen molar-refractivity contribution in [2.24, 2.45) is 0 Å². The number of benzene rings is 1. The number of phenols is 1. The average molecular weight is 201 g/mol. The lowest BCUT2D eigenvalue weighted by Gasteiger charge is -2.01. The Morgan fingerprint density at radius 3 is 2.20 bits per heavy atom. The zero-order valence-corrected chi connectivity index (χ0v) is 8.31. The number of hydrogen-bond acceptors (Lipinski definition) is 4. The molecule has 0 saturated heterocycles. The Balaban J connectivity index is 2.33. The van der Waals surface area contributed by atoms with Gasteiger partial charge in [-0.3, -0.25) is 0 Å². The predicted molar refractivity (Wildman–Crippen MR) is 58.7 cm³/mol. The molecular formula is C11H11N3O. The molecule has 0 unspecified atom stereocenters. The Hall–Kier alpha value is -2.10. The van der Waals surface area contributed by atoms with Crippen LogP contribution >= 0.6 is 0 Å². The number of aromatic hydroxyl groups is 1. The molecule has 2 N–H and O–H groups in total. The lowest BCUT2D eigenvalue weighted by Crippen LogP contribution is -1.93. The first-order valence-electron chi connectivity index (χ1n) is 4.59. The van der Waals surface area contributed by atoms with Crippen LogP contribution in [-0.4, -0.2) is 22.1 Å². The van der Waals surface area contributed by atoms with Gasteiger partial charge < -0.3 is 10.4 Å². The third kappa shape index (κ3) is 2.04. The molecule has 0 radical (unpaired) electrons. The minimum absolute atomic E-state index is 0.241. The van der Waals surface area contributed by atoms with E-state index in [4.69, 9.17) is 5.11 Å². The molecule has 4 heteroatoms. The van der Waals surface area contributed by atoms with Crippen molar-refractivity contribution in [1.82, 2.24) is 9.97 Å². The highest BCUT2D eigenvalue weighted by atomic mass is 16.3. The smallest absolute Gasteiger partial charge is 0.159 e. The molecule has 0 atom stereocenters. The molecule has 15 heavy (non-hydrogen) atoms. The van der Waals surface area contributed by atoms with Gasteiger partial charge in [-0.05, 0) is 24.3 Å². The van der Waals surface area contributed by atoms with E-state index in [2.05, 4.69) is 15.3 Å². The van der Waals surface area contributed by atoms with Crippen LogP contribution in [0.1, 0.15) is 0 Å². The number of nitrogens with one attached hydrogen (secondary N) is 1. The molecule has 0 aliphatic rings. The Labute approximate surface area is 87.6 Å². The summed E-state index contributed by atoms with van der Waals surface area (Å²) < 4.78 is 0. The number of phenolic OH excluding ortho intramolecular Hbond substituents is 1. The number of hydrogen-bond donors (Lipinski definition) is 2. The monoisotopic (exact) mass is 201 g/mol. The maximum absolute atomic E-state index is 9.13. The van der Waals surface area contributed by atoms with Crippen molar-refractivity contribution >= 4 is 5.69 Å². The molecule has 2 rings (SSSR count). The van der Waals surface area contributed by atoms with Gasteiger partial charge in [-0.2, -0.15) is 0 Å². The van der Waals surface area contributed by atoms with Crippen molar-refractivity contribution in [2.45, 2.75) is 0 Å². The van der Waals surface area contributed by atoms with Gasteiger partial charge in [0.05, 0.1) is 18.1 Å². The van der Waals surface area contributed by atoms with Crippen molar-refractivity contribution < 1.29 is 5.11 Å². The highest BCUT2D eigenvalue weighted by Gasteiger charge is 2.00. The summed E-state index contributed by atoms with van der Waals surface area (Å²) in [5.74, 6) is 0.889. The average Bonchev–Trinajstić information content (AvgIpc) is 2.30. The zero-order chi connectivity index (χ0) is 10.7. The van der Waals surface area contributed by atoms with E-state index in [-0.39, 0.29) is 5.75 Å². The summed E-state index contributed by atoms with van der Waals surface area (Å²) >= 11 is 0. The van der Waals surface area contributed by atoms with Crippen LogP contribution in [0.15, 0.2) is 36.7 Å². The van der Waals surface area contributed by atoms with Crippen molar-refractivity contribution in [3.63, 3.8) is 0 Å². The third-order valence-electron chi connectivity index (χ3n) is 2.07. The minimum atomic E-state index is 0.241. The third-order valence-corrected chi connectivity index (χ3v) is 2.07. The van der Waals surface area contributed by atoms with E-state index in [1.165, 1.54) is 0 Å². The molecule has 1 aromatic heterocycles. The summed E-state index contributed by atoms with van der Waals surface area (Å²) in [4.78, 5) is 8.39. The van der Waals surface area contributed by atoms with Gasteiger partial charge >= 0.3 is 0 Å². The maximum Gasteiger partial charge on any atom is 0.159 e. The van der Waals surface area contributed by atoms with Gasteiger partial charge in [0.1, 0.15) is 5.75 Å². The number of aromatic nitrogens is 2. The van der Waals surface area contributed by atoms with Gasteiger partial charge in [0, 0.05) is 12.6 Å². The van der Waals surface area contributed by atoms with Crippen LogP contribution in [0.5, 0.6) is 5.75 Å². The van der Waals surface area contributed by atoms with Crippen LogP contribution in [0.4, 0.5) is 5.69 Å². The molecule has 0 saturated carbocycles. The second-order valence-corrected chi connectivity index (χ2v) is 3.09. The van der Waals surface area contributed by atoms with Gasteiger partial charge in [-0.25, -0.2) is 9.97 Å². The zero-order valence-electron chi connectivity index (χ0n) is 8.31. The summed E-state index contributed by atoms with van der Waals surface area (Å²) in [6.07, 6.45) is 3.43. The summed E-state index contributed by atoms with van der Waals surface area (Å²) in [6.45, 7) is 0. The quantitative estimate of drug-likeness (QED) is 0.779. The molecule has 1 aromatic carbocycles. The topological polar surface area (TPSA) is 58.0 Å². The molecule has 0 aliphatic heterocycles. The highest BCUT2D eigenvalue weighted by Crippen LogP contribution is 2.18. The van der Waals surface area contributed by atoms with Crippen LogP contribution in [0.25, 0.3) is 11.4 Å². The molecule has 0 bridgehead atoms. The first-order valence-corrected chi connectivity index (χ1v) is 4.59. The van der Waals surface area contributed by atoms with Gasteiger partial charge in [0.15, 0.2) is 5.82 Å². The van der Waals surface area contributed by atoms with E-state index < -0.39 is 0 Å². The molecule has 0 fully saturated rings. The Bertz CT molecular complexity index is 436. The van der Waals surface area contributed by atoms with Crippen LogP contribution in [0.2, 0.25) is 0 Å². The van der Waals surface area contributed by atoms with E-state index in [0.29, 0.717) is 5.82 Å². The fourth-order valence-electron chi connectivity index (χ4n) is 1.22. The van der Waals surface area contributed by atoms with Crippen LogP contribution in [-0.2, 0) is 0 Å². The van der Waals surface area contributed by atoms with Crippen LogP contribution in [0.3, 0.4) is 0 Å². The number of rotatable bonds is 2. The van der Waals surface area contributed by atoms with Gasteiger partial charge in [0.2, 0.25) is 0 Å². The van der Waals surface area contributed by atoms with Crippen molar-refractivity contribution in [2.75, 3.05) is 12.4 Å². The molecule has 2 aromatic rings. The molecule has 0 aliphatic carbocycles. The second kappa shape index (κ2) is 3.96. The Morgan fingerprint density at radius 1 is 1.07 bits per heavy atom. The maximum atomic E-state index is 9.13. The van der Waals surface area contributed by atoms with E-state index >= 15 is 0 Å². The van der Waals surface area contributed by atoms with E-state index in [1.54, 1.807) is 36.7 Å². The fourth-order valence-corrected chi connectivity index (χ4v) is 1.22. The van der Waals surface area contributed by atoms with Gasteiger partial charge in [-0.1, -0.05) is 0 Å². The number of nitrogens with zero attached hydrogens (tertiary/aromatic N) is 2. The lowest BCUT2D eigenvalue weighted by atomic mass is 10.2. The summed E-state index contributed by atoms with van der Waals surface area (Å²) in [5.41, 5.74) is 1.76. The standard InChI is InChI=1S/C11H11N3O/c1-12-9-6-13-11(14-7-9)8-2-4-10(15)5-3-8/h2-7,12,15H,1H3. The molecule has 1 heterocycles. The van der Waals surface area contributed by atoms with E-state index in [1.807, 2.05) is 7.05 Å². The fraction of sp³-hybridized carbons (Fsp3) is 0.0909. The predicted octanol–water partition coefficient (Wildman–Crippen LogP) is 1.89. The molecule has 76 valence electrons. The number of anilines is 1. The van der Waals surface area contributed by atoms with Crippen LogP contribution < -0.4 is 5.32 Å². The van der Waals surface area contributed by atoms with Crippen LogP contribution in [0, 0.1) is 0 Å². The van der Waals surface area contributed by atoms with Crippen molar-refractivity contribution in [3.8, 4) is 17.1 Å². The largest absolute Gasteiger partial charge is 0.508 e. The van der Waals surface area contributed by atoms with E-state index in [0.717, 1.165) is 11.3 Å². The molecule has 4 nitrogen and oxygen atoms in total. The summed E-state index contributed by atoms with van der Waals surface area (Å²) in [6, 6.07) is 6.79. The van der Waals surface area contributed by atoms with Crippen molar-refractivity contribution in [3.05, 3.63) is 36.7 Å².